The predicted molar refractivity (Wildman–Crippen MR) is 473 cm³/mol. The molecule has 4 N–H and O–H groups in total. The molecule has 115 heavy (non-hydrogen) atoms. The standard InChI is InChI=1S/C21H27N.C19H26N2O3S.C17H22N2O3S.C10H12N2.C10H12O2.C8H14N2S.C6H8Cl2N2/c1-18(2)21(20-11-7-4-8-12-20)13-15-22(16-14-21)17-19-9-5-3-6-10-19;1-13(2)16(10-15-11-25-12-20-15)21-19(22)8-6-14-5-7-17(23-3)18(9-14)24-4;1-11(2)14(8-13-9-23-10-18-13)19-17(20)12-5-6-15(21-3)16(7-12)22-4;1-8(2)9-7-11-10-5-3-4-6-12(9)10;1-7(2)10-11-8-5-3-4-6-9(8)12-10;1-6(2)8(9)3-7-4-11-5-10-7;1-4(2)10-3-9-5(7)6(10)8/h3-12,18H,13-17H2,1-2H3;5,7,9,11-13,16H,6,8,10H2,1-4H3,(H,21,22);5-7,9-11,14H,8H2,1-4H3,(H,19,20);3-8H,1-2H3;3-7,10H,1-2H3;4-6,8H,3,9H2,1-2H3;3-4H,1-2H3/t;16-;14-;;;8-;/m.00..0./s1. The minimum absolute atomic E-state index is 0.0256. The Hall–Kier alpha value is -8.87. The molecular formula is C91H121Cl2N11O8S3. The highest BCUT2D eigenvalue weighted by molar-refractivity contribution is 7.08. The van der Waals surface area contributed by atoms with Crippen LogP contribution in [0.25, 0.3) is 5.65 Å². The van der Waals surface area contributed by atoms with Crippen molar-refractivity contribution < 1.29 is 38.0 Å². The maximum absolute atomic E-state index is 12.5. The monoisotopic (exact) mass is 1660 g/mol. The van der Waals surface area contributed by atoms with Gasteiger partial charge < -0.3 is 53.8 Å². The van der Waals surface area contributed by atoms with E-state index in [0.717, 1.165) is 65.6 Å². The van der Waals surface area contributed by atoms with Crippen LogP contribution in [0, 0.1) is 29.6 Å². The third kappa shape index (κ3) is 29.4. The van der Waals surface area contributed by atoms with Crippen molar-refractivity contribution in [3.8, 4) is 34.5 Å². The van der Waals surface area contributed by atoms with Gasteiger partial charge >= 0.3 is 0 Å². The van der Waals surface area contributed by atoms with Gasteiger partial charge in [-0.3, -0.25) is 14.5 Å². The van der Waals surface area contributed by atoms with Gasteiger partial charge in [-0.1, -0.05) is 191 Å². The molecule has 0 bridgehead atoms. The molecule has 0 unspecified atom stereocenters. The Morgan fingerprint density at radius 3 is 1.56 bits per heavy atom. The number of hydrogen-bond donors (Lipinski definition) is 3. The van der Waals surface area contributed by atoms with E-state index in [1.807, 2.05) is 113 Å². The van der Waals surface area contributed by atoms with Crippen molar-refractivity contribution in [2.45, 2.75) is 190 Å². The molecule has 3 atom stereocenters. The summed E-state index contributed by atoms with van der Waals surface area (Å²) in [5.74, 6) is 6.98. The maximum atomic E-state index is 12.5. The summed E-state index contributed by atoms with van der Waals surface area (Å²) >= 11 is 16.2. The van der Waals surface area contributed by atoms with Gasteiger partial charge in [0.2, 0.25) is 12.2 Å². The lowest BCUT2D eigenvalue weighted by Crippen LogP contribution is -2.45. The first-order valence-electron chi connectivity index (χ1n) is 39.6. The number of amides is 2. The number of benzene rings is 5. The molecule has 2 amide bonds. The topological polar surface area (TPSA) is 217 Å². The molecule has 6 aromatic heterocycles. The van der Waals surface area contributed by atoms with Crippen molar-refractivity contribution in [3.63, 3.8) is 0 Å². The molecule has 0 radical (unpaired) electrons. The van der Waals surface area contributed by atoms with Gasteiger partial charge in [0.15, 0.2) is 39.7 Å². The molecule has 13 rings (SSSR count). The van der Waals surface area contributed by atoms with E-state index in [-0.39, 0.29) is 36.2 Å². The number of likely N-dealkylation sites (tertiary alicyclic amines) is 1. The molecule has 0 spiro atoms. The summed E-state index contributed by atoms with van der Waals surface area (Å²) in [6, 6.07) is 47.4. The number of aryl methyl sites for hydroxylation is 1. The first-order chi connectivity index (χ1) is 55.2. The number of aromatic nitrogens is 7. The number of nitrogens with two attached hydrogens (primary N) is 1. The molecule has 19 nitrogen and oxygen atoms in total. The normalized spacial score (nSPS) is 13.6. The molecule has 5 aromatic carbocycles. The van der Waals surface area contributed by atoms with Crippen LogP contribution >= 0.6 is 57.2 Å². The van der Waals surface area contributed by atoms with E-state index in [1.165, 1.54) is 42.8 Å². The van der Waals surface area contributed by atoms with Crippen molar-refractivity contribution in [1.29, 1.82) is 0 Å². The van der Waals surface area contributed by atoms with Crippen molar-refractivity contribution in [1.82, 2.24) is 49.4 Å². The first kappa shape index (κ1) is 93.3. The third-order valence-electron chi connectivity index (χ3n) is 20.2. The minimum atomic E-state index is -0.125. The second-order valence-corrected chi connectivity index (χ2v) is 33.7. The van der Waals surface area contributed by atoms with Crippen molar-refractivity contribution in [2.24, 2.45) is 35.3 Å². The van der Waals surface area contributed by atoms with Crippen LogP contribution in [0.5, 0.6) is 34.5 Å². The molecule has 0 saturated carbocycles. The molecule has 1 fully saturated rings. The fraction of sp³-hybridized carbons (Fsp3) is 0.440. The Balaban J connectivity index is 0.000000191. The minimum Gasteiger partial charge on any atom is -0.493 e. The van der Waals surface area contributed by atoms with Crippen molar-refractivity contribution >= 4 is 74.7 Å². The summed E-state index contributed by atoms with van der Waals surface area (Å²) in [5.41, 5.74) is 21.7. The van der Waals surface area contributed by atoms with E-state index in [2.05, 4.69) is 200 Å². The molecule has 2 aliphatic heterocycles. The molecule has 620 valence electrons. The van der Waals surface area contributed by atoms with Crippen LogP contribution in [0.15, 0.2) is 191 Å². The summed E-state index contributed by atoms with van der Waals surface area (Å²) in [6.07, 6.45) is 11.5. The second-order valence-electron chi connectivity index (χ2n) is 30.8. The number of piperidine rings is 1. The number of rotatable bonds is 26. The number of methoxy groups -OCH3 is 4. The van der Waals surface area contributed by atoms with Gasteiger partial charge in [-0.15, -0.1) is 34.0 Å². The van der Waals surface area contributed by atoms with Gasteiger partial charge in [0.05, 0.1) is 68.4 Å². The summed E-state index contributed by atoms with van der Waals surface area (Å²) in [6.45, 7) is 33.5. The zero-order chi connectivity index (χ0) is 83.6. The fourth-order valence-electron chi connectivity index (χ4n) is 12.8. The van der Waals surface area contributed by atoms with Crippen LogP contribution in [-0.2, 0) is 42.4 Å². The molecule has 11 aromatic rings. The Bertz CT molecular complexity index is 4530. The van der Waals surface area contributed by atoms with E-state index in [4.69, 9.17) is 57.4 Å². The van der Waals surface area contributed by atoms with Crippen LogP contribution in [0.2, 0.25) is 10.3 Å². The van der Waals surface area contributed by atoms with Gasteiger partial charge in [-0.05, 0) is 147 Å². The largest absolute Gasteiger partial charge is 0.493 e. The fourth-order valence-corrected chi connectivity index (χ4v) is 15.0. The molecule has 2 aliphatic rings. The number of nitrogens with one attached hydrogen (secondary N) is 2. The Kier molecular flexibility index (Phi) is 38.9. The SMILES string of the molecule is CC(C)C1(c2ccccc2)CCN(Cc2ccccc2)CC1.CC(C)C1Oc2ccccc2O1.CC(C)[C@@H](N)Cc1cscn1.CC(C)c1cnc2ccccn12.CC(C)n1cnc(Cl)c1Cl.COc1ccc(C(=O)N[C@@H](Cc2cscn2)C(C)C)cc1OC.COc1ccc(CCC(=O)N[C@@H](Cc2cscn2)C(C)C)cc1OC. The lowest BCUT2D eigenvalue weighted by molar-refractivity contribution is -0.122. The summed E-state index contributed by atoms with van der Waals surface area (Å²) in [5, 5.41) is 13.2. The highest BCUT2D eigenvalue weighted by atomic mass is 35.5. The predicted octanol–water partition coefficient (Wildman–Crippen LogP) is 20.8. The number of nitrogens with zero attached hydrogens (tertiary/aromatic N) is 8. The summed E-state index contributed by atoms with van der Waals surface area (Å²) < 4.78 is 36.0. The Morgan fingerprint density at radius 1 is 0.574 bits per heavy atom. The van der Waals surface area contributed by atoms with Gasteiger partial charge in [0, 0.05) is 108 Å². The maximum Gasteiger partial charge on any atom is 0.251 e. The molecular weight excluding hydrogens is 1540 g/mol. The van der Waals surface area contributed by atoms with E-state index in [9.17, 15) is 9.59 Å². The van der Waals surface area contributed by atoms with Crippen LogP contribution in [0.4, 0.5) is 0 Å². The molecule has 8 heterocycles. The lowest BCUT2D eigenvalue weighted by atomic mass is 9.65. The number of pyridine rings is 1. The third-order valence-corrected chi connectivity index (χ3v) is 22.9. The van der Waals surface area contributed by atoms with Crippen molar-refractivity contribution in [2.75, 3.05) is 41.5 Å². The van der Waals surface area contributed by atoms with E-state index in [1.54, 1.807) is 87.0 Å². The molecule has 1 saturated heterocycles. The number of fused-ring (bicyclic) bond motifs is 2. The average Bonchev–Trinajstić information content (AvgIpc) is 1.73. The number of carbonyl (C=O) groups is 2. The average molecular weight is 1660 g/mol. The van der Waals surface area contributed by atoms with E-state index in [0.29, 0.717) is 98.7 Å². The number of ether oxygens (including phenoxy) is 6. The van der Waals surface area contributed by atoms with Crippen LogP contribution < -0.4 is 44.8 Å². The number of halogens is 2. The first-order valence-corrected chi connectivity index (χ1v) is 43.2. The number of para-hydroxylation sites is 2. The van der Waals surface area contributed by atoms with Gasteiger partial charge in [-0.25, -0.2) is 24.9 Å². The number of imidazole rings is 2. The Labute approximate surface area is 705 Å². The van der Waals surface area contributed by atoms with Crippen LogP contribution in [0.3, 0.4) is 0 Å². The highest BCUT2D eigenvalue weighted by Gasteiger charge is 2.39. The molecule has 0 aliphatic carbocycles. The number of carbonyl (C=O) groups excluding carboxylic acids is 2. The zero-order valence-electron chi connectivity index (χ0n) is 70.3. The van der Waals surface area contributed by atoms with Gasteiger partial charge in [0.1, 0.15) is 10.8 Å². The summed E-state index contributed by atoms with van der Waals surface area (Å²) in [4.78, 5) is 48.4. The summed E-state index contributed by atoms with van der Waals surface area (Å²) in [7, 11) is 6.35. The van der Waals surface area contributed by atoms with Crippen LogP contribution in [-0.4, -0.2) is 117 Å². The van der Waals surface area contributed by atoms with E-state index < -0.39 is 0 Å². The van der Waals surface area contributed by atoms with Gasteiger partial charge in [0.25, 0.3) is 5.91 Å². The second kappa shape index (κ2) is 48.0. The quantitative estimate of drug-likeness (QED) is 0.0459. The zero-order valence-corrected chi connectivity index (χ0v) is 74.3. The smallest absolute Gasteiger partial charge is 0.251 e. The lowest BCUT2D eigenvalue weighted by Gasteiger charge is -2.45. The highest BCUT2D eigenvalue weighted by Crippen LogP contribution is 2.42. The van der Waals surface area contributed by atoms with Gasteiger partial charge in [-0.2, -0.15) is 0 Å². The van der Waals surface area contributed by atoms with Crippen molar-refractivity contribution in [3.05, 3.63) is 246 Å². The Morgan fingerprint density at radius 2 is 1.09 bits per heavy atom. The van der Waals surface area contributed by atoms with E-state index >= 15 is 0 Å². The van der Waals surface area contributed by atoms with Crippen LogP contribution in [0.1, 0.15) is 178 Å². The molecule has 24 heteroatoms. The number of hydrogen-bond acceptors (Lipinski definition) is 18. The number of thiazole rings is 3.